The number of nitrogens with zero attached hydrogens (tertiary/aromatic N) is 2. The van der Waals surface area contributed by atoms with E-state index in [1.54, 1.807) is 0 Å². The molecule has 0 aliphatic heterocycles. The molecule has 1 aromatic heterocycles. The van der Waals surface area contributed by atoms with Crippen LogP contribution < -0.4 is 5.73 Å². The maximum Gasteiger partial charge on any atom is 0.246 e. The summed E-state index contributed by atoms with van der Waals surface area (Å²) >= 11 is 0. The molecule has 1 atom stereocenters. The zero-order valence-electron chi connectivity index (χ0n) is 10.3. The second-order valence-electron chi connectivity index (χ2n) is 4.25. The van der Waals surface area contributed by atoms with Crippen molar-refractivity contribution in [3.63, 3.8) is 0 Å². The Morgan fingerprint density at radius 3 is 2.41 bits per heavy atom. The number of sulfone groups is 1. The van der Waals surface area contributed by atoms with Gasteiger partial charge in [-0.2, -0.15) is 0 Å². The zero-order valence-corrected chi connectivity index (χ0v) is 11.1. The molecule has 1 rings (SSSR count). The van der Waals surface area contributed by atoms with Crippen molar-refractivity contribution < 1.29 is 8.42 Å². The highest BCUT2D eigenvalue weighted by molar-refractivity contribution is 7.90. The van der Waals surface area contributed by atoms with Crippen LogP contribution >= 0.6 is 0 Å². The molecule has 0 bridgehead atoms. The molecular weight excluding hydrogens is 238 g/mol. The number of nitrogens with two attached hydrogens (primary N) is 1. The summed E-state index contributed by atoms with van der Waals surface area (Å²) in [6, 6.07) is 0.0858. The molecule has 0 saturated heterocycles. The molecule has 96 valence electrons. The van der Waals surface area contributed by atoms with E-state index >= 15 is 0 Å². The highest BCUT2D eigenvalue weighted by atomic mass is 32.2. The van der Waals surface area contributed by atoms with Crippen molar-refractivity contribution in [2.45, 2.75) is 43.8 Å². The van der Waals surface area contributed by atoms with Crippen LogP contribution in [-0.4, -0.2) is 30.7 Å². The number of hydrogen-bond donors (Lipinski definition) is 1. The third kappa shape index (κ3) is 4.79. The lowest BCUT2D eigenvalue weighted by Crippen LogP contribution is -2.22. The van der Waals surface area contributed by atoms with Gasteiger partial charge in [-0.25, -0.2) is 18.4 Å². The molecule has 0 saturated carbocycles. The molecule has 1 unspecified atom stereocenters. The topological polar surface area (TPSA) is 85.9 Å². The Hall–Kier alpha value is -1.01. The summed E-state index contributed by atoms with van der Waals surface area (Å²) in [5, 5.41) is -0.136. The van der Waals surface area contributed by atoms with Gasteiger partial charge in [0, 0.05) is 24.7 Å². The van der Waals surface area contributed by atoms with Crippen LogP contribution in [0.5, 0.6) is 0 Å². The van der Waals surface area contributed by atoms with Crippen LogP contribution in [0.3, 0.4) is 0 Å². The van der Waals surface area contributed by atoms with Crippen LogP contribution in [0, 0.1) is 0 Å². The largest absolute Gasteiger partial charge is 0.327 e. The summed E-state index contributed by atoms with van der Waals surface area (Å²) in [7, 11) is -3.32. The van der Waals surface area contributed by atoms with Crippen molar-refractivity contribution >= 4 is 9.84 Å². The highest BCUT2D eigenvalue weighted by Gasteiger charge is 2.11. The zero-order chi connectivity index (χ0) is 12.9. The summed E-state index contributed by atoms with van der Waals surface area (Å²) in [4.78, 5) is 7.66. The maximum absolute atomic E-state index is 11.2. The molecule has 0 amide bonds. The summed E-state index contributed by atoms with van der Waals surface area (Å²) < 4.78 is 22.3. The molecule has 0 aliphatic rings. The molecule has 6 heteroatoms. The van der Waals surface area contributed by atoms with E-state index in [1.165, 1.54) is 12.4 Å². The molecule has 0 spiro atoms. The molecule has 1 heterocycles. The van der Waals surface area contributed by atoms with Crippen molar-refractivity contribution in [2.24, 2.45) is 5.73 Å². The molecule has 2 N–H and O–H groups in total. The monoisotopic (exact) mass is 257 g/mol. The molecule has 5 nitrogen and oxygen atoms in total. The number of hydrogen-bond acceptors (Lipinski definition) is 5. The van der Waals surface area contributed by atoms with Gasteiger partial charge in [-0.1, -0.05) is 19.8 Å². The third-order valence-corrected chi connectivity index (χ3v) is 3.31. The third-order valence-electron chi connectivity index (χ3n) is 2.44. The van der Waals surface area contributed by atoms with Gasteiger partial charge in [0.2, 0.25) is 15.0 Å². The normalized spacial score (nSPS) is 13.6. The van der Waals surface area contributed by atoms with E-state index in [1.807, 2.05) is 0 Å². The summed E-state index contributed by atoms with van der Waals surface area (Å²) in [6.45, 7) is 2.12. The second-order valence-corrected chi connectivity index (χ2v) is 6.16. The first-order valence-corrected chi connectivity index (χ1v) is 7.59. The van der Waals surface area contributed by atoms with Crippen molar-refractivity contribution in [1.29, 1.82) is 0 Å². The van der Waals surface area contributed by atoms with E-state index in [2.05, 4.69) is 16.9 Å². The van der Waals surface area contributed by atoms with E-state index in [4.69, 9.17) is 5.73 Å². The van der Waals surface area contributed by atoms with E-state index in [9.17, 15) is 8.42 Å². The number of aromatic nitrogens is 2. The Morgan fingerprint density at radius 1 is 1.35 bits per heavy atom. The van der Waals surface area contributed by atoms with Crippen molar-refractivity contribution in [2.75, 3.05) is 6.26 Å². The van der Waals surface area contributed by atoms with Crippen molar-refractivity contribution in [3.05, 3.63) is 18.0 Å². The minimum absolute atomic E-state index is 0.0858. The van der Waals surface area contributed by atoms with E-state index < -0.39 is 9.84 Å². The van der Waals surface area contributed by atoms with E-state index in [0.29, 0.717) is 6.42 Å². The fraction of sp³-hybridized carbons (Fsp3) is 0.636. The summed E-state index contributed by atoms with van der Waals surface area (Å²) in [5.74, 6) is 0. The average molecular weight is 257 g/mol. The van der Waals surface area contributed by atoms with Gasteiger partial charge in [0.15, 0.2) is 0 Å². The Labute approximate surface area is 102 Å². The number of rotatable bonds is 6. The maximum atomic E-state index is 11.2. The van der Waals surface area contributed by atoms with Crippen LogP contribution in [0.15, 0.2) is 17.6 Å². The average Bonchev–Trinajstić information content (AvgIpc) is 2.26. The van der Waals surface area contributed by atoms with Gasteiger partial charge in [0.1, 0.15) is 0 Å². The lowest BCUT2D eigenvalue weighted by Gasteiger charge is -2.10. The van der Waals surface area contributed by atoms with Crippen LogP contribution in [0.4, 0.5) is 0 Å². The van der Waals surface area contributed by atoms with Crippen molar-refractivity contribution in [1.82, 2.24) is 9.97 Å². The molecule has 17 heavy (non-hydrogen) atoms. The predicted molar refractivity (Wildman–Crippen MR) is 66.3 cm³/mol. The number of unbranched alkanes of at least 4 members (excludes halogenated alkanes) is 1. The van der Waals surface area contributed by atoms with Gasteiger partial charge < -0.3 is 5.73 Å². The Bertz CT molecular complexity index is 442. The lowest BCUT2D eigenvalue weighted by molar-refractivity contribution is 0.570. The van der Waals surface area contributed by atoms with E-state index in [-0.39, 0.29) is 11.2 Å². The van der Waals surface area contributed by atoms with Crippen LogP contribution in [0.1, 0.15) is 31.7 Å². The second kappa shape index (κ2) is 6.07. The van der Waals surface area contributed by atoms with E-state index in [0.717, 1.165) is 31.1 Å². The minimum atomic E-state index is -3.32. The van der Waals surface area contributed by atoms with Gasteiger partial charge in [0.25, 0.3) is 0 Å². The Morgan fingerprint density at radius 2 is 1.94 bits per heavy atom. The van der Waals surface area contributed by atoms with Gasteiger partial charge in [0.05, 0.1) is 0 Å². The first-order valence-electron chi connectivity index (χ1n) is 5.70. The first kappa shape index (κ1) is 14.1. The SMILES string of the molecule is CCCCC(N)Cc1cnc(S(C)(=O)=O)nc1. The van der Waals surface area contributed by atoms with Crippen LogP contribution in [0.2, 0.25) is 0 Å². The lowest BCUT2D eigenvalue weighted by atomic mass is 10.0. The first-order chi connectivity index (χ1) is 7.93. The van der Waals surface area contributed by atoms with Gasteiger partial charge >= 0.3 is 0 Å². The fourth-order valence-electron chi connectivity index (χ4n) is 1.51. The Kier molecular flexibility index (Phi) is 5.02. The minimum Gasteiger partial charge on any atom is -0.327 e. The van der Waals surface area contributed by atoms with Gasteiger partial charge in [-0.3, -0.25) is 0 Å². The molecule has 0 radical (unpaired) electrons. The molecule has 0 aromatic carbocycles. The molecule has 0 fully saturated rings. The predicted octanol–water partition coefficient (Wildman–Crippen LogP) is 0.940. The smallest absolute Gasteiger partial charge is 0.246 e. The van der Waals surface area contributed by atoms with Gasteiger partial charge in [-0.05, 0) is 18.4 Å². The molecule has 1 aromatic rings. The Balaban J connectivity index is 2.63. The van der Waals surface area contributed by atoms with Gasteiger partial charge in [-0.15, -0.1) is 0 Å². The van der Waals surface area contributed by atoms with Crippen LogP contribution in [0.25, 0.3) is 0 Å². The highest BCUT2D eigenvalue weighted by Crippen LogP contribution is 2.07. The van der Waals surface area contributed by atoms with Crippen LogP contribution in [-0.2, 0) is 16.3 Å². The molecule has 0 aliphatic carbocycles. The summed E-state index contributed by atoms with van der Waals surface area (Å²) in [5.41, 5.74) is 6.82. The summed E-state index contributed by atoms with van der Waals surface area (Å²) in [6.07, 6.45) is 8.04. The standard InChI is InChI=1S/C11H19N3O2S/c1-3-4-5-10(12)6-9-7-13-11(14-8-9)17(2,15)16/h7-8,10H,3-6,12H2,1-2H3. The fourth-order valence-corrected chi connectivity index (χ4v) is 2.00. The quantitative estimate of drug-likeness (QED) is 0.766. The molecular formula is C11H19N3O2S. The van der Waals surface area contributed by atoms with Crippen molar-refractivity contribution in [3.8, 4) is 0 Å².